The maximum atomic E-state index is 4.31. The summed E-state index contributed by atoms with van der Waals surface area (Å²) < 4.78 is 0. The molecule has 1 aromatic rings. The number of anilines is 1. The van der Waals surface area contributed by atoms with Crippen molar-refractivity contribution in [2.24, 2.45) is 0 Å². The minimum absolute atomic E-state index is 0.815. The molecule has 1 aromatic heterocycles. The van der Waals surface area contributed by atoms with E-state index in [0.29, 0.717) is 0 Å². The Hall–Kier alpha value is -1.16. The van der Waals surface area contributed by atoms with Gasteiger partial charge in [-0.25, -0.2) is 9.97 Å². The molecule has 78 valence electrons. The molecule has 0 fully saturated rings. The molecule has 0 radical (unpaired) electrons. The first-order valence-electron chi connectivity index (χ1n) is 5.02. The third-order valence-electron chi connectivity index (χ3n) is 2.12. The number of rotatable bonds is 5. The number of nitrogens with one attached hydrogen (secondary N) is 1. The topological polar surface area (TPSA) is 41.1 Å². The van der Waals surface area contributed by atoms with Gasteiger partial charge in [-0.2, -0.15) is 0 Å². The zero-order chi connectivity index (χ0) is 10.4. The van der Waals surface area contributed by atoms with Crippen LogP contribution in [0.25, 0.3) is 0 Å². The number of hydrogen-bond acceptors (Lipinski definition) is 4. The third-order valence-corrected chi connectivity index (χ3v) is 2.12. The largest absolute Gasteiger partial charge is 0.341 e. The van der Waals surface area contributed by atoms with Gasteiger partial charge in [-0.1, -0.05) is 0 Å². The van der Waals surface area contributed by atoms with Crippen LogP contribution in [-0.4, -0.2) is 30.1 Å². The highest BCUT2D eigenvalue weighted by Crippen LogP contribution is 2.05. The Morgan fingerprint density at radius 3 is 2.21 bits per heavy atom. The Bertz CT molecular complexity index is 253. The van der Waals surface area contributed by atoms with E-state index in [1.165, 1.54) is 0 Å². The van der Waals surface area contributed by atoms with Crippen molar-refractivity contribution in [1.29, 1.82) is 0 Å². The second kappa shape index (κ2) is 5.54. The summed E-state index contributed by atoms with van der Waals surface area (Å²) in [5.41, 5.74) is 1.11. The van der Waals surface area contributed by atoms with Gasteiger partial charge in [0.1, 0.15) is 0 Å². The Balaban J connectivity index is 2.71. The number of nitrogens with zero attached hydrogens (tertiary/aromatic N) is 3. The van der Waals surface area contributed by atoms with E-state index in [9.17, 15) is 0 Å². The molecule has 0 bridgehead atoms. The summed E-state index contributed by atoms with van der Waals surface area (Å²) in [5, 5.41) is 3.07. The lowest BCUT2D eigenvalue weighted by atomic mass is 10.3. The number of aromatic nitrogens is 2. The summed E-state index contributed by atoms with van der Waals surface area (Å²) in [7, 11) is 1.91. The highest BCUT2D eigenvalue weighted by molar-refractivity contribution is 5.28. The zero-order valence-electron chi connectivity index (χ0n) is 9.12. The van der Waals surface area contributed by atoms with Gasteiger partial charge in [-0.3, -0.25) is 0 Å². The second-order valence-electron chi connectivity index (χ2n) is 3.09. The average Bonchev–Trinajstić information content (AvgIpc) is 2.23. The van der Waals surface area contributed by atoms with Crippen LogP contribution in [0.5, 0.6) is 0 Å². The highest BCUT2D eigenvalue weighted by atomic mass is 15.2. The molecule has 14 heavy (non-hydrogen) atoms. The molecule has 0 atom stereocenters. The van der Waals surface area contributed by atoms with Crippen LogP contribution in [0.15, 0.2) is 12.4 Å². The summed E-state index contributed by atoms with van der Waals surface area (Å²) in [4.78, 5) is 10.8. The summed E-state index contributed by atoms with van der Waals surface area (Å²) >= 11 is 0. The van der Waals surface area contributed by atoms with Crippen molar-refractivity contribution in [3.8, 4) is 0 Å². The van der Waals surface area contributed by atoms with Crippen molar-refractivity contribution in [3.63, 3.8) is 0 Å². The van der Waals surface area contributed by atoms with Crippen LogP contribution in [0.3, 0.4) is 0 Å². The van der Waals surface area contributed by atoms with Crippen molar-refractivity contribution in [2.75, 3.05) is 25.0 Å². The van der Waals surface area contributed by atoms with E-state index < -0.39 is 0 Å². The van der Waals surface area contributed by atoms with Gasteiger partial charge in [0.2, 0.25) is 5.95 Å². The van der Waals surface area contributed by atoms with E-state index in [1.807, 2.05) is 19.4 Å². The summed E-state index contributed by atoms with van der Waals surface area (Å²) in [6.07, 6.45) is 3.74. The van der Waals surface area contributed by atoms with E-state index in [4.69, 9.17) is 0 Å². The maximum Gasteiger partial charge on any atom is 0.225 e. The fourth-order valence-electron chi connectivity index (χ4n) is 1.31. The van der Waals surface area contributed by atoms with E-state index in [1.54, 1.807) is 0 Å². The van der Waals surface area contributed by atoms with Crippen molar-refractivity contribution in [3.05, 3.63) is 18.0 Å². The molecule has 0 spiro atoms. The predicted molar refractivity (Wildman–Crippen MR) is 58.4 cm³/mol. The Labute approximate surface area is 85.4 Å². The van der Waals surface area contributed by atoms with Crippen LogP contribution in [0.2, 0.25) is 0 Å². The van der Waals surface area contributed by atoms with E-state index in [2.05, 4.69) is 34.0 Å². The maximum absolute atomic E-state index is 4.31. The molecule has 0 saturated carbocycles. The molecule has 4 nitrogen and oxygen atoms in total. The Morgan fingerprint density at radius 2 is 1.79 bits per heavy atom. The van der Waals surface area contributed by atoms with Gasteiger partial charge >= 0.3 is 0 Å². The van der Waals surface area contributed by atoms with Gasteiger partial charge in [0.05, 0.1) is 0 Å². The molecule has 1 N–H and O–H groups in total. The fourth-order valence-corrected chi connectivity index (χ4v) is 1.31. The Morgan fingerprint density at radius 1 is 1.21 bits per heavy atom. The predicted octanol–water partition coefficient (Wildman–Crippen LogP) is 1.04. The third kappa shape index (κ3) is 2.67. The normalized spacial score (nSPS) is 10.2. The van der Waals surface area contributed by atoms with Crippen LogP contribution >= 0.6 is 0 Å². The van der Waals surface area contributed by atoms with Gasteiger partial charge in [-0.15, -0.1) is 0 Å². The molecule has 4 heteroatoms. The van der Waals surface area contributed by atoms with Crippen molar-refractivity contribution in [2.45, 2.75) is 20.4 Å². The first-order valence-corrected chi connectivity index (χ1v) is 5.02. The molecule has 0 amide bonds. The summed E-state index contributed by atoms with van der Waals surface area (Å²) in [5.74, 6) is 0.815. The zero-order valence-corrected chi connectivity index (χ0v) is 9.12. The van der Waals surface area contributed by atoms with Crippen LogP contribution in [0.1, 0.15) is 19.4 Å². The minimum Gasteiger partial charge on any atom is -0.341 e. The monoisotopic (exact) mass is 194 g/mol. The molecule has 0 aliphatic heterocycles. The van der Waals surface area contributed by atoms with E-state index >= 15 is 0 Å². The van der Waals surface area contributed by atoms with Gasteiger partial charge in [0, 0.05) is 37.6 Å². The average molecular weight is 194 g/mol. The minimum atomic E-state index is 0.815. The molecule has 0 saturated heterocycles. The highest BCUT2D eigenvalue weighted by Gasteiger charge is 2.03. The summed E-state index contributed by atoms with van der Waals surface area (Å²) in [6, 6.07) is 0. The van der Waals surface area contributed by atoms with E-state index in [0.717, 1.165) is 31.1 Å². The molecule has 0 aromatic carbocycles. The SMILES string of the molecule is CCN(CC)c1ncc(CNC)cn1. The summed E-state index contributed by atoms with van der Waals surface area (Å²) in [6.45, 7) is 6.92. The molecule has 0 aliphatic carbocycles. The van der Waals surface area contributed by atoms with Crippen LogP contribution in [-0.2, 0) is 6.54 Å². The molecule has 1 heterocycles. The first-order chi connectivity index (χ1) is 6.81. The van der Waals surface area contributed by atoms with Crippen LogP contribution in [0.4, 0.5) is 5.95 Å². The van der Waals surface area contributed by atoms with Gasteiger partial charge in [0.15, 0.2) is 0 Å². The first kappa shape index (κ1) is 10.9. The lowest BCUT2D eigenvalue weighted by Gasteiger charge is -2.17. The standard InChI is InChI=1S/C10H18N4/c1-4-14(5-2)10-12-7-9(6-11-3)8-13-10/h7-8,11H,4-6H2,1-3H3. The van der Waals surface area contributed by atoms with Gasteiger partial charge in [0.25, 0.3) is 0 Å². The fraction of sp³-hybridized carbons (Fsp3) is 0.600. The molecule has 0 aliphatic rings. The van der Waals surface area contributed by atoms with Crippen LogP contribution < -0.4 is 10.2 Å². The van der Waals surface area contributed by atoms with Crippen molar-refractivity contribution >= 4 is 5.95 Å². The van der Waals surface area contributed by atoms with Crippen LogP contribution in [0, 0.1) is 0 Å². The molecular weight excluding hydrogens is 176 g/mol. The van der Waals surface area contributed by atoms with Gasteiger partial charge in [-0.05, 0) is 20.9 Å². The smallest absolute Gasteiger partial charge is 0.225 e. The molecular formula is C10H18N4. The number of hydrogen-bond donors (Lipinski definition) is 1. The van der Waals surface area contributed by atoms with Crippen molar-refractivity contribution in [1.82, 2.24) is 15.3 Å². The van der Waals surface area contributed by atoms with E-state index in [-0.39, 0.29) is 0 Å². The lowest BCUT2D eigenvalue weighted by molar-refractivity contribution is 0.787. The van der Waals surface area contributed by atoms with Crippen molar-refractivity contribution < 1.29 is 0 Å². The Kier molecular flexibility index (Phi) is 4.32. The lowest BCUT2D eigenvalue weighted by Crippen LogP contribution is -2.24. The molecule has 1 rings (SSSR count). The molecule has 0 unspecified atom stereocenters. The van der Waals surface area contributed by atoms with Gasteiger partial charge < -0.3 is 10.2 Å². The quantitative estimate of drug-likeness (QED) is 0.760. The second-order valence-corrected chi connectivity index (χ2v) is 3.09.